The normalized spacial score (nSPS) is 11.5. The number of amides is 1. The van der Waals surface area contributed by atoms with Crippen molar-refractivity contribution in [3.63, 3.8) is 0 Å². The quantitative estimate of drug-likeness (QED) is 0.614. The lowest BCUT2D eigenvalue weighted by Crippen LogP contribution is -2.24. The molecule has 1 aromatic heterocycles. The van der Waals surface area contributed by atoms with Crippen LogP contribution in [-0.2, 0) is 16.6 Å². The molecule has 142 valence electrons. The van der Waals surface area contributed by atoms with Gasteiger partial charge in [-0.2, -0.15) is 0 Å². The number of halogens is 1. The monoisotopic (exact) mass is 452 g/mol. The van der Waals surface area contributed by atoms with Crippen LogP contribution in [0.3, 0.4) is 0 Å². The van der Waals surface area contributed by atoms with Crippen molar-refractivity contribution in [2.45, 2.75) is 18.4 Å². The van der Waals surface area contributed by atoms with E-state index < -0.39 is 16.1 Å². The first-order valence-electron chi connectivity index (χ1n) is 7.91. The molecule has 1 heterocycles. The SMILES string of the molecule is COc1cc2cc(CNC(=O)O)n(S(=O)(=O)c3ccc(C)cc3)c2cc1Br. The molecule has 0 aliphatic carbocycles. The Hall–Kier alpha value is -2.52. The Morgan fingerprint density at radius 3 is 2.48 bits per heavy atom. The van der Waals surface area contributed by atoms with Crippen LogP contribution in [0, 0.1) is 6.92 Å². The number of carboxylic acid groups (broad SMARTS) is 1. The molecule has 0 aliphatic heterocycles. The van der Waals surface area contributed by atoms with Crippen LogP contribution in [0.1, 0.15) is 11.3 Å². The van der Waals surface area contributed by atoms with Crippen molar-refractivity contribution in [2.24, 2.45) is 0 Å². The van der Waals surface area contributed by atoms with Crippen molar-refractivity contribution >= 4 is 42.9 Å². The Balaban J connectivity index is 2.27. The first kappa shape index (κ1) is 19.2. The van der Waals surface area contributed by atoms with Gasteiger partial charge in [0, 0.05) is 5.39 Å². The number of hydrogen-bond acceptors (Lipinski definition) is 4. The van der Waals surface area contributed by atoms with Gasteiger partial charge in [-0.15, -0.1) is 0 Å². The molecule has 9 heteroatoms. The summed E-state index contributed by atoms with van der Waals surface area (Å²) in [5.41, 5.74) is 1.66. The van der Waals surface area contributed by atoms with E-state index in [9.17, 15) is 13.2 Å². The molecular weight excluding hydrogens is 436 g/mol. The van der Waals surface area contributed by atoms with Crippen molar-refractivity contribution in [3.05, 3.63) is 58.2 Å². The summed E-state index contributed by atoms with van der Waals surface area (Å²) in [5, 5.41) is 11.8. The van der Waals surface area contributed by atoms with E-state index in [4.69, 9.17) is 9.84 Å². The van der Waals surface area contributed by atoms with E-state index in [1.54, 1.807) is 30.3 Å². The molecule has 1 amide bonds. The van der Waals surface area contributed by atoms with Crippen molar-refractivity contribution in [1.29, 1.82) is 0 Å². The van der Waals surface area contributed by atoms with Crippen LogP contribution in [0.15, 0.2) is 51.8 Å². The number of rotatable bonds is 5. The van der Waals surface area contributed by atoms with Gasteiger partial charge in [-0.25, -0.2) is 17.2 Å². The van der Waals surface area contributed by atoms with Crippen LogP contribution in [0.4, 0.5) is 4.79 Å². The van der Waals surface area contributed by atoms with Gasteiger partial charge in [0.25, 0.3) is 10.0 Å². The summed E-state index contributed by atoms with van der Waals surface area (Å²) >= 11 is 3.37. The van der Waals surface area contributed by atoms with Crippen LogP contribution < -0.4 is 10.1 Å². The second kappa shape index (κ2) is 7.24. The summed E-state index contributed by atoms with van der Waals surface area (Å²) < 4.78 is 33.6. The number of ether oxygens (including phenoxy) is 1. The average Bonchev–Trinajstić information content (AvgIpc) is 2.97. The molecule has 0 atom stereocenters. The average molecular weight is 453 g/mol. The van der Waals surface area contributed by atoms with Gasteiger partial charge in [0.15, 0.2) is 0 Å². The van der Waals surface area contributed by atoms with E-state index in [0.29, 0.717) is 26.8 Å². The summed E-state index contributed by atoms with van der Waals surface area (Å²) in [6, 6.07) is 11.5. The number of fused-ring (bicyclic) bond motifs is 1. The molecule has 0 radical (unpaired) electrons. The van der Waals surface area contributed by atoms with Crippen molar-refractivity contribution in [2.75, 3.05) is 7.11 Å². The molecule has 0 spiro atoms. The van der Waals surface area contributed by atoms with E-state index in [1.807, 2.05) is 6.92 Å². The number of carbonyl (C=O) groups is 1. The molecule has 0 aliphatic rings. The van der Waals surface area contributed by atoms with Gasteiger partial charge >= 0.3 is 6.09 Å². The Bertz CT molecular complexity index is 1120. The maximum absolute atomic E-state index is 13.3. The fraction of sp³-hybridized carbons (Fsp3) is 0.167. The van der Waals surface area contributed by atoms with E-state index in [-0.39, 0.29) is 11.4 Å². The molecule has 2 N–H and O–H groups in total. The number of aromatic nitrogens is 1. The topological polar surface area (TPSA) is 97.6 Å². The minimum absolute atomic E-state index is 0.120. The maximum atomic E-state index is 13.3. The van der Waals surface area contributed by atoms with Gasteiger partial charge in [0.2, 0.25) is 0 Å². The lowest BCUT2D eigenvalue weighted by molar-refractivity contribution is 0.193. The minimum atomic E-state index is -3.93. The molecule has 0 fully saturated rings. The Labute approximate surface area is 164 Å². The van der Waals surface area contributed by atoms with Crippen molar-refractivity contribution < 1.29 is 23.1 Å². The number of benzene rings is 2. The first-order chi connectivity index (χ1) is 12.7. The highest BCUT2D eigenvalue weighted by atomic mass is 79.9. The fourth-order valence-electron chi connectivity index (χ4n) is 2.79. The zero-order valence-corrected chi connectivity index (χ0v) is 17.0. The van der Waals surface area contributed by atoms with E-state index in [0.717, 1.165) is 9.54 Å². The smallest absolute Gasteiger partial charge is 0.404 e. The molecule has 2 aromatic carbocycles. The Kier molecular flexibility index (Phi) is 5.16. The van der Waals surface area contributed by atoms with Gasteiger partial charge in [-0.1, -0.05) is 17.7 Å². The Morgan fingerprint density at radius 2 is 1.89 bits per heavy atom. The van der Waals surface area contributed by atoms with E-state index >= 15 is 0 Å². The largest absolute Gasteiger partial charge is 0.496 e. The second-order valence-electron chi connectivity index (χ2n) is 5.92. The zero-order valence-electron chi connectivity index (χ0n) is 14.6. The molecule has 0 saturated heterocycles. The van der Waals surface area contributed by atoms with Crippen molar-refractivity contribution in [3.8, 4) is 5.75 Å². The molecule has 0 bridgehead atoms. The van der Waals surface area contributed by atoms with Crippen LogP contribution in [0.5, 0.6) is 5.75 Å². The third kappa shape index (κ3) is 3.65. The first-order valence-corrected chi connectivity index (χ1v) is 10.1. The van der Waals surface area contributed by atoms with Crippen LogP contribution in [-0.4, -0.2) is 30.7 Å². The number of nitrogens with one attached hydrogen (secondary N) is 1. The number of hydrogen-bond donors (Lipinski definition) is 2. The van der Waals surface area contributed by atoms with Gasteiger partial charge < -0.3 is 15.2 Å². The summed E-state index contributed by atoms with van der Waals surface area (Å²) in [6.45, 7) is 1.71. The molecule has 0 saturated carbocycles. The lowest BCUT2D eigenvalue weighted by atomic mass is 10.2. The zero-order chi connectivity index (χ0) is 19.8. The maximum Gasteiger partial charge on any atom is 0.404 e. The predicted molar refractivity (Wildman–Crippen MR) is 105 cm³/mol. The highest BCUT2D eigenvalue weighted by Gasteiger charge is 2.24. The summed E-state index contributed by atoms with van der Waals surface area (Å²) in [6.07, 6.45) is -1.24. The van der Waals surface area contributed by atoms with E-state index in [1.165, 1.54) is 19.2 Å². The van der Waals surface area contributed by atoms with E-state index in [2.05, 4.69) is 21.2 Å². The third-order valence-corrected chi connectivity index (χ3v) is 6.48. The molecular formula is C18H17BrN2O5S. The molecule has 3 aromatic rings. The number of nitrogens with zero attached hydrogens (tertiary/aromatic N) is 1. The predicted octanol–water partition coefficient (Wildman–Crippen LogP) is 3.73. The highest BCUT2D eigenvalue weighted by Crippen LogP contribution is 2.34. The third-order valence-electron chi connectivity index (χ3n) is 4.08. The standard InChI is InChI=1S/C18H17BrN2O5S/c1-11-3-5-14(6-4-11)27(24,25)21-13(10-20-18(22)23)7-12-8-17(26-2)15(19)9-16(12)21/h3-9,20H,10H2,1-2H3,(H,22,23). The number of aryl methyl sites for hydroxylation is 1. The van der Waals surface area contributed by atoms with Gasteiger partial charge in [-0.3, -0.25) is 0 Å². The van der Waals surface area contributed by atoms with Gasteiger partial charge in [-0.05, 0) is 53.2 Å². The fourth-order valence-corrected chi connectivity index (χ4v) is 4.81. The van der Waals surface area contributed by atoms with Crippen LogP contribution >= 0.6 is 15.9 Å². The van der Waals surface area contributed by atoms with Crippen molar-refractivity contribution in [1.82, 2.24) is 9.29 Å². The summed E-state index contributed by atoms with van der Waals surface area (Å²) in [7, 11) is -2.42. The molecule has 3 rings (SSSR count). The molecule has 7 nitrogen and oxygen atoms in total. The minimum Gasteiger partial charge on any atom is -0.496 e. The summed E-state index contributed by atoms with van der Waals surface area (Å²) in [5.74, 6) is 0.546. The highest BCUT2D eigenvalue weighted by molar-refractivity contribution is 9.10. The van der Waals surface area contributed by atoms with Crippen LogP contribution in [0.25, 0.3) is 10.9 Å². The molecule has 0 unspecified atom stereocenters. The van der Waals surface area contributed by atoms with Gasteiger partial charge in [0.05, 0.1) is 34.2 Å². The Morgan fingerprint density at radius 1 is 1.22 bits per heavy atom. The van der Waals surface area contributed by atoms with Gasteiger partial charge in [0.1, 0.15) is 5.75 Å². The molecule has 27 heavy (non-hydrogen) atoms. The second-order valence-corrected chi connectivity index (χ2v) is 8.56. The summed E-state index contributed by atoms with van der Waals surface area (Å²) in [4.78, 5) is 11.0. The lowest BCUT2D eigenvalue weighted by Gasteiger charge is -2.13. The van der Waals surface area contributed by atoms with Crippen LogP contribution in [0.2, 0.25) is 0 Å². The number of methoxy groups -OCH3 is 1.